The molecule has 3 unspecified atom stereocenters. The van der Waals surface area contributed by atoms with Crippen LogP contribution in [0.15, 0.2) is 24.3 Å². The number of benzene rings is 1. The highest BCUT2D eigenvalue weighted by molar-refractivity contribution is 5.94. The number of ether oxygens (including phenoxy) is 1. The average Bonchev–Trinajstić information content (AvgIpc) is 3.02. The molecule has 0 saturated carbocycles. The zero-order valence-electron chi connectivity index (χ0n) is 11.2. The van der Waals surface area contributed by atoms with Crippen LogP contribution in [-0.2, 0) is 4.74 Å². The molecule has 3 rings (SSSR count). The molecule has 2 aliphatic rings. The molecule has 1 aromatic rings. The lowest BCUT2D eigenvalue weighted by atomic mass is 9.95. The van der Waals surface area contributed by atoms with Crippen molar-refractivity contribution in [1.82, 2.24) is 5.32 Å². The Balaban J connectivity index is 1.60. The van der Waals surface area contributed by atoms with Gasteiger partial charge in [-0.1, -0.05) is 0 Å². The Bertz CT molecular complexity index is 458. The number of anilines is 1. The van der Waals surface area contributed by atoms with Gasteiger partial charge in [-0.3, -0.25) is 4.79 Å². The topological polar surface area (TPSA) is 50.4 Å². The van der Waals surface area contributed by atoms with Crippen molar-refractivity contribution in [2.45, 2.75) is 44.4 Å². The number of carbonyl (C=O) groups is 1. The fourth-order valence-electron chi connectivity index (χ4n) is 2.99. The zero-order valence-corrected chi connectivity index (χ0v) is 11.2. The number of rotatable bonds is 4. The number of amides is 1. The van der Waals surface area contributed by atoms with Gasteiger partial charge in [0.25, 0.3) is 5.91 Å². The van der Waals surface area contributed by atoms with Gasteiger partial charge in [0.15, 0.2) is 0 Å². The predicted octanol–water partition coefficient (Wildman–Crippen LogP) is 2.17. The summed E-state index contributed by atoms with van der Waals surface area (Å²) in [7, 11) is 0. The maximum absolute atomic E-state index is 12.2. The van der Waals surface area contributed by atoms with E-state index in [1.165, 1.54) is 0 Å². The molecule has 2 fully saturated rings. The van der Waals surface area contributed by atoms with Crippen molar-refractivity contribution in [3.8, 4) is 0 Å². The van der Waals surface area contributed by atoms with Crippen molar-refractivity contribution in [2.24, 2.45) is 0 Å². The Labute approximate surface area is 113 Å². The van der Waals surface area contributed by atoms with E-state index in [2.05, 4.69) is 17.6 Å². The highest BCUT2D eigenvalue weighted by Gasteiger charge is 2.41. The zero-order chi connectivity index (χ0) is 13.2. The van der Waals surface area contributed by atoms with Gasteiger partial charge in [0, 0.05) is 17.8 Å². The molecule has 2 heterocycles. The van der Waals surface area contributed by atoms with Gasteiger partial charge in [-0.15, -0.1) is 0 Å². The van der Waals surface area contributed by atoms with Gasteiger partial charge in [0.1, 0.15) is 0 Å². The van der Waals surface area contributed by atoms with Crippen LogP contribution in [0.1, 0.15) is 36.5 Å². The number of hydrogen-bond acceptors (Lipinski definition) is 3. The SMILES string of the molecule is CCNc1ccc(C(=O)NC2CC3CCC2O3)cc1. The van der Waals surface area contributed by atoms with Crippen LogP contribution in [-0.4, -0.2) is 30.7 Å². The van der Waals surface area contributed by atoms with E-state index in [4.69, 9.17) is 4.74 Å². The molecular formula is C15H20N2O2. The second kappa shape index (κ2) is 5.21. The van der Waals surface area contributed by atoms with E-state index in [-0.39, 0.29) is 18.1 Å². The van der Waals surface area contributed by atoms with Crippen molar-refractivity contribution in [3.05, 3.63) is 29.8 Å². The molecule has 2 bridgehead atoms. The van der Waals surface area contributed by atoms with Crippen LogP contribution in [0, 0.1) is 0 Å². The summed E-state index contributed by atoms with van der Waals surface area (Å²) in [5.74, 6) is 0.00389. The summed E-state index contributed by atoms with van der Waals surface area (Å²) in [5, 5.41) is 6.31. The third kappa shape index (κ3) is 2.59. The molecule has 2 aliphatic heterocycles. The summed E-state index contributed by atoms with van der Waals surface area (Å²) in [4.78, 5) is 12.2. The van der Waals surface area contributed by atoms with Crippen LogP contribution in [0.5, 0.6) is 0 Å². The lowest BCUT2D eigenvalue weighted by Gasteiger charge is -2.20. The second-order valence-corrected chi connectivity index (χ2v) is 5.30. The lowest BCUT2D eigenvalue weighted by Crippen LogP contribution is -2.41. The van der Waals surface area contributed by atoms with Crippen molar-refractivity contribution in [3.63, 3.8) is 0 Å². The van der Waals surface area contributed by atoms with Crippen molar-refractivity contribution in [2.75, 3.05) is 11.9 Å². The van der Waals surface area contributed by atoms with Gasteiger partial charge >= 0.3 is 0 Å². The molecule has 2 saturated heterocycles. The molecule has 0 radical (unpaired) electrons. The van der Waals surface area contributed by atoms with Gasteiger partial charge in [0.2, 0.25) is 0 Å². The Morgan fingerprint density at radius 1 is 1.32 bits per heavy atom. The van der Waals surface area contributed by atoms with Crippen LogP contribution in [0.3, 0.4) is 0 Å². The first-order valence-corrected chi connectivity index (χ1v) is 7.06. The molecule has 102 valence electrons. The molecule has 4 heteroatoms. The normalized spacial score (nSPS) is 28.4. The van der Waals surface area contributed by atoms with Crippen molar-refractivity contribution >= 4 is 11.6 Å². The summed E-state index contributed by atoms with van der Waals surface area (Å²) < 4.78 is 5.75. The van der Waals surface area contributed by atoms with Gasteiger partial charge in [-0.25, -0.2) is 0 Å². The molecule has 1 aromatic carbocycles. The molecule has 19 heavy (non-hydrogen) atoms. The van der Waals surface area contributed by atoms with Gasteiger partial charge in [0.05, 0.1) is 18.2 Å². The maximum atomic E-state index is 12.2. The molecular weight excluding hydrogens is 240 g/mol. The highest BCUT2D eigenvalue weighted by Crippen LogP contribution is 2.34. The van der Waals surface area contributed by atoms with E-state index in [0.29, 0.717) is 11.7 Å². The molecule has 0 aromatic heterocycles. The molecule has 2 N–H and O–H groups in total. The first-order valence-electron chi connectivity index (χ1n) is 7.06. The van der Waals surface area contributed by atoms with E-state index in [0.717, 1.165) is 31.5 Å². The Kier molecular flexibility index (Phi) is 3.42. The van der Waals surface area contributed by atoms with E-state index in [9.17, 15) is 4.79 Å². The molecule has 4 nitrogen and oxygen atoms in total. The van der Waals surface area contributed by atoms with E-state index in [1.807, 2.05) is 24.3 Å². The van der Waals surface area contributed by atoms with Gasteiger partial charge < -0.3 is 15.4 Å². The highest BCUT2D eigenvalue weighted by atomic mass is 16.5. The Morgan fingerprint density at radius 3 is 2.68 bits per heavy atom. The molecule has 1 amide bonds. The monoisotopic (exact) mass is 260 g/mol. The molecule has 0 aliphatic carbocycles. The van der Waals surface area contributed by atoms with Crippen LogP contribution >= 0.6 is 0 Å². The largest absolute Gasteiger partial charge is 0.385 e. The van der Waals surface area contributed by atoms with E-state index >= 15 is 0 Å². The minimum absolute atomic E-state index is 0.00389. The second-order valence-electron chi connectivity index (χ2n) is 5.30. The number of hydrogen-bond donors (Lipinski definition) is 2. The van der Waals surface area contributed by atoms with Gasteiger partial charge in [-0.2, -0.15) is 0 Å². The third-order valence-corrected chi connectivity index (χ3v) is 3.95. The Morgan fingerprint density at radius 2 is 2.11 bits per heavy atom. The first kappa shape index (κ1) is 12.5. The summed E-state index contributed by atoms with van der Waals surface area (Å²) >= 11 is 0. The lowest BCUT2D eigenvalue weighted by molar-refractivity contribution is 0.0841. The average molecular weight is 260 g/mol. The molecule has 3 atom stereocenters. The van der Waals surface area contributed by atoms with Crippen LogP contribution in [0.25, 0.3) is 0 Å². The quantitative estimate of drug-likeness (QED) is 0.872. The standard InChI is InChI=1S/C15H20N2O2/c1-2-16-11-5-3-10(4-6-11)15(18)17-13-9-12-7-8-14(13)19-12/h3-6,12-14,16H,2,7-9H2,1H3,(H,17,18). The number of nitrogens with one attached hydrogen (secondary N) is 2. The summed E-state index contributed by atoms with van der Waals surface area (Å²) in [5.41, 5.74) is 1.76. The fourth-order valence-corrected chi connectivity index (χ4v) is 2.99. The maximum Gasteiger partial charge on any atom is 0.251 e. The minimum atomic E-state index is 0.00389. The summed E-state index contributed by atoms with van der Waals surface area (Å²) in [6, 6.07) is 7.80. The van der Waals surface area contributed by atoms with Crippen molar-refractivity contribution < 1.29 is 9.53 Å². The van der Waals surface area contributed by atoms with Crippen molar-refractivity contribution in [1.29, 1.82) is 0 Å². The van der Waals surface area contributed by atoms with Crippen LogP contribution < -0.4 is 10.6 Å². The fraction of sp³-hybridized carbons (Fsp3) is 0.533. The number of fused-ring (bicyclic) bond motifs is 2. The van der Waals surface area contributed by atoms with Crippen LogP contribution in [0.2, 0.25) is 0 Å². The number of carbonyl (C=O) groups excluding carboxylic acids is 1. The summed E-state index contributed by atoms with van der Waals surface area (Å²) in [6.07, 6.45) is 3.79. The van der Waals surface area contributed by atoms with E-state index < -0.39 is 0 Å². The molecule has 0 spiro atoms. The van der Waals surface area contributed by atoms with E-state index in [1.54, 1.807) is 0 Å². The Hall–Kier alpha value is -1.55. The van der Waals surface area contributed by atoms with Crippen LogP contribution in [0.4, 0.5) is 5.69 Å². The van der Waals surface area contributed by atoms with Gasteiger partial charge in [-0.05, 0) is 50.5 Å². The minimum Gasteiger partial charge on any atom is -0.385 e. The smallest absolute Gasteiger partial charge is 0.251 e. The predicted molar refractivity (Wildman–Crippen MR) is 74.4 cm³/mol. The first-order chi connectivity index (χ1) is 9.26. The third-order valence-electron chi connectivity index (χ3n) is 3.95. The summed E-state index contributed by atoms with van der Waals surface area (Å²) in [6.45, 7) is 2.93.